The van der Waals surface area contributed by atoms with Crippen molar-refractivity contribution < 1.29 is 14.3 Å². The van der Waals surface area contributed by atoms with E-state index >= 15 is 0 Å². The first-order valence-corrected chi connectivity index (χ1v) is 8.95. The summed E-state index contributed by atoms with van der Waals surface area (Å²) in [5, 5.41) is 0. The third-order valence-corrected chi connectivity index (χ3v) is 4.58. The van der Waals surface area contributed by atoms with Crippen LogP contribution in [0.1, 0.15) is 43.7 Å². The van der Waals surface area contributed by atoms with Gasteiger partial charge in [0.25, 0.3) is 0 Å². The van der Waals surface area contributed by atoms with Gasteiger partial charge in [-0.1, -0.05) is 49.7 Å². The van der Waals surface area contributed by atoms with Crippen molar-refractivity contribution in [3.63, 3.8) is 0 Å². The van der Waals surface area contributed by atoms with E-state index in [9.17, 15) is 4.79 Å². The summed E-state index contributed by atoms with van der Waals surface area (Å²) in [6.07, 6.45) is 1.84. The zero-order valence-corrected chi connectivity index (χ0v) is 14.9. The molecule has 0 aliphatic carbocycles. The van der Waals surface area contributed by atoms with E-state index in [0.29, 0.717) is 13.1 Å². The number of hydrogen-bond acceptors (Lipinski definition) is 3. The van der Waals surface area contributed by atoms with Gasteiger partial charge in [0.05, 0.1) is 5.92 Å². The minimum atomic E-state index is -0.0832. The fourth-order valence-corrected chi connectivity index (χ4v) is 3.23. The van der Waals surface area contributed by atoms with E-state index in [1.807, 2.05) is 60.4 Å². The van der Waals surface area contributed by atoms with Crippen molar-refractivity contribution >= 4 is 5.91 Å². The van der Waals surface area contributed by atoms with E-state index in [-0.39, 0.29) is 18.6 Å². The van der Waals surface area contributed by atoms with Gasteiger partial charge < -0.3 is 14.4 Å². The maximum atomic E-state index is 13.2. The second-order valence-electron chi connectivity index (χ2n) is 6.29. The predicted molar refractivity (Wildman–Crippen MR) is 97.7 cm³/mol. The van der Waals surface area contributed by atoms with Crippen LogP contribution in [0.25, 0.3) is 0 Å². The molecule has 0 aromatic heterocycles. The number of amides is 1. The highest BCUT2D eigenvalue weighted by Crippen LogP contribution is 2.33. The standard InChI is InChI=1S/C21H25NO3/c1-3-8-18(17-9-6-5-7-10-17)21(23)22(4-2)14-16-11-12-19-20(13-16)25-15-24-19/h5-7,9-13,18H,3-4,8,14-15H2,1-2H3. The molecular weight excluding hydrogens is 314 g/mol. The number of rotatable bonds is 7. The Morgan fingerprint density at radius 1 is 1.08 bits per heavy atom. The van der Waals surface area contributed by atoms with Gasteiger partial charge in [0.1, 0.15) is 0 Å². The van der Waals surface area contributed by atoms with E-state index in [4.69, 9.17) is 9.47 Å². The third kappa shape index (κ3) is 3.95. The molecule has 1 heterocycles. The van der Waals surface area contributed by atoms with E-state index in [2.05, 4.69) is 6.92 Å². The molecule has 0 saturated heterocycles. The first-order valence-electron chi connectivity index (χ1n) is 8.95. The Labute approximate surface area is 149 Å². The van der Waals surface area contributed by atoms with Gasteiger partial charge in [-0.25, -0.2) is 0 Å². The highest BCUT2D eigenvalue weighted by Gasteiger charge is 2.25. The molecule has 1 aliphatic heterocycles. The number of ether oxygens (including phenoxy) is 2. The van der Waals surface area contributed by atoms with Crippen molar-refractivity contribution in [1.29, 1.82) is 0 Å². The van der Waals surface area contributed by atoms with Crippen molar-refractivity contribution in [2.75, 3.05) is 13.3 Å². The summed E-state index contributed by atoms with van der Waals surface area (Å²) in [7, 11) is 0. The van der Waals surface area contributed by atoms with Gasteiger partial charge >= 0.3 is 0 Å². The van der Waals surface area contributed by atoms with Crippen LogP contribution in [-0.2, 0) is 11.3 Å². The van der Waals surface area contributed by atoms with Crippen LogP contribution in [-0.4, -0.2) is 24.1 Å². The fourth-order valence-electron chi connectivity index (χ4n) is 3.23. The van der Waals surface area contributed by atoms with Gasteiger partial charge in [0, 0.05) is 13.1 Å². The molecule has 25 heavy (non-hydrogen) atoms. The Bertz CT molecular complexity index is 714. The summed E-state index contributed by atoms with van der Waals surface area (Å²) >= 11 is 0. The first-order chi connectivity index (χ1) is 12.2. The molecule has 1 aliphatic rings. The maximum Gasteiger partial charge on any atom is 0.231 e. The second-order valence-corrected chi connectivity index (χ2v) is 6.29. The molecular formula is C21H25NO3. The quantitative estimate of drug-likeness (QED) is 0.753. The molecule has 0 N–H and O–H groups in total. The minimum absolute atomic E-state index is 0.0832. The number of hydrogen-bond donors (Lipinski definition) is 0. The van der Waals surface area contributed by atoms with Crippen molar-refractivity contribution in [2.24, 2.45) is 0 Å². The van der Waals surface area contributed by atoms with Crippen molar-refractivity contribution in [2.45, 2.75) is 39.2 Å². The number of likely N-dealkylation sites (N-methyl/N-ethyl adjacent to an activating group) is 1. The number of fused-ring (bicyclic) bond motifs is 1. The average Bonchev–Trinajstić information content (AvgIpc) is 3.12. The smallest absolute Gasteiger partial charge is 0.231 e. The summed E-state index contributed by atoms with van der Waals surface area (Å²) in [5.74, 6) is 1.63. The molecule has 2 aromatic rings. The summed E-state index contributed by atoms with van der Waals surface area (Å²) in [6.45, 7) is 5.68. The Kier molecular flexibility index (Phi) is 5.59. The van der Waals surface area contributed by atoms with Gasteiger partial charge in [-0.15, -0.1) is 0 Å². The second kappa shape index (κ2) is 8.06. The molecule has 1 unspecified atom stereocenters. The molecule has 1 amide bonds. The zero-order valence-electron chi connectivity index (χ0n) is 14.9. The lowest BCUT2D eigenvalue weighted by atomic mass is 9.93. The molecule has 1 atom stereocenters. The predicted octanol–water partition coefficient (Wildman–Crippen LogP) is 4.35. The zero-order chi connectivity index (χ0) is 17.6. The van der Waals surface area contributed by atoms with Crippen LogP contribution in [0.2, 0.25) is 0 Å². The molecule has 0 fully saturated rings. The average molecular weight is 339 g/mol. The Morgan fingerprint density at radius 2 is 1.84 bits per heavy atom. The number of benzene rings is 2. The van der Waals surface area contributed by atoms with Gasteiger partial charge in [-0.3, -0.25) is 4.79 Å². The highest BCUT2D eigenvalue weighted by molar-refractivity contribution is 5.83. The van der Waals surface area contributed by atoms with E-state index in [1.54, 1.807) is 0 Å². The summed E-state index contributed by atoms with van der Waals surface area (Å²) < 4.78 is 10.8. The van der Waals surface area contributed by atoms with Crippen LogP contribution >= 0.6 is 0 Å². The highest BCUT2D eigenvalue weighted by atomic mass is 16.7. The monoisotopic (exact) mass is 339 g/mol. The first kappa shape index (κ1) is 17.3. The third-order valence-electron chi connectivity index (χ3n) is 4.58. The largest absolute Gasteiger partial charge is 0.454 e. The molecule has 0 saturated carbocycles. The molecule has 4 heteroatoms. The molecule has 0 bridgehead atoms. The maximum absolute atomic E-state index is 13.2. The molecule has 0 radical (unpaired) electrons. The topological polar surface area (TPSA) is 38.8 Å². The van der Waals surface area contributed by atoms with Gasteiger partial charge in [0.2, 0.25) is 12.7 Å². The van der Waals surface area contributed by atoms with Gasteiger partial charge in [-0.2, -0.15) is 0 Å². The van der Waals surface area contributed by atoms with Crippen LogP contribution in [0.5, 0.6) is 11.5 Å². The lowest BCUT2D eigenvalue weighted by Gasteiger charge is -2.27. The van der Waals surface area contributed by atoms with Gasteiger partial charge in [-0.05, 0) is 36.6 Å². The lowest BCUT2D eigenvalue weighted by molar-refractivity contribution is -0.133. The lowest BCUT2D eigenvalue weighted by Crippen LogP contribution is -2.34. The summed E-state index contributed by atoms with van der Waals surface area (Å²) in [5.41, 5.74) is 2.15. The molecule has 0 spiro atoms. The van der Waals surface area contributed by atoms with Crippen LogP contribution in [0.3, 0.4) is 0 Å². The van der Waals surface area contributed by atoms with Crippen LogP contribution in [0, 0.1) is 0 Å². The molecule has 2 aromatic carbocycles. The van der Waals surface area contributed by atoms with Crippen LogP contribution in [0.4, 0.5) is 0 Å². The van der Waals surface area contributed by atoms with E-state index in [0.717, 1.165) is 35.5 Å². The SMILES string of the molecule is CCCC(C(=O)N(CC)Cc1ccc2c(c1)OCO2)c1ccccc1. The Morgan fingerprint density at radius 3 is 2.56 bits per heavy atom. The molecule has 3 rings (SSSR count). The van der Waals surface area contributed by atoms with Crippen LogP contribution in [0.15, 0.2) is 48.5 Å². The Balaban J connectivity index is 1.77. The minimum Gasteiger partial charge on any atom is -0.454 e. The summed E-state index contributed by atoms with van der Waals surface area (Å²) in [6, 6.07) is 16.0. The molecule has 132 valence electrons. The fraction of sp³-hybridized carbons (Fsp3) is 0.381. The van der Waals surface area contributed by atoms with Crippen molar-refractivity contribution in [3.8, 4) is 11.5 Å². The number of carbonyl (C=O) groups is 1. The number of nitrogens with zero attached hydrogens (tertiary/aromatic N) is 1. The van der Waals surface area contributed by atoms with Crippen LogP contribution < -0.4 is 9.47 Å². The van der Waals surface area contributed by atoms with Crippen molar-refractivity contribution in [3.05, 3.63) is 59.7 Å². The Hall–Kier alpha value is -2.49. The molecule has 4 nitrogen and oxygen atoms in total. The number of carbonyl (C=O) groups excluding carboxylic acids is 1. The van der Waals surface area contributed by atoms with E-state index < -0.39 is 0 Å². The van der Waals surface area contributed by atoms with Crippen molar-refractivity contribution in [1.82, 2.24) is 4.90 Å². The summed E-state index contributed by atoms with van der Waals surface area (Å²) in [4.78, 5) is 15.1. The van der Waals surface area contributed by atoms with Gasteiger partial charge in [0.15, 0.2) is 11.5 Å². The van der Waals surface area contributed by atoms with E-state index in [1.165, 1.54) is 0 Å². The normalized spacial score (nSPS) is 13.5.